The molecule has 5 nitrogen and oxygen atoms in total. The Kier molecular flexibility index (Phi) is 4.12. The van der Waals surface area contributed by atoms with Crippen LogP contribution < -0.4 is 4.90 Å². The molecule has 17 heavy (non-hydrogen) atoms. The van der Waals surface area contributed by atoms with Gasteiger partial charge in [0.15, 0.2) is 6.04 Å². The number of ether oxygens (including phenoxy) is 1. The van der Waals surface area contributed by atoms with Crippen LogP contribution in [-0.4, -0.2) is 55.6 Å². The zero-order valence-corrected chi connectivity index (χ0v) is 10.4. The minimum Gasteiger partial charge on any atom is -0.370 e. The number of rotatable bonds is 4. The molecule has 5 heteroatoms. The molecule has 0 spiro atoms. The van der Waals surface area contributed by atoms with Crippen LogP contribution in [0.3, 0.4) is 0 Å². The summed E-state index contributed by atoms with van der Waals surface area (Å²) >= 11 is 0. The summed E-state index contributed by atoms with van der Waals surface area (Å²) in [5, 5.41) is 0. The van der Waals surface area contributed by atoms with Gasteiger partial charge in [-0.05, 0) is 6.42 Å². The number of carbonyl (C=O) groups is 2. The second-order valence-corrected chi connectivity index (χ2v) is 4.76. The third kappa shape index (κ3) is 2.66. The number of hydrogen-bond donors (Lipinski definition) is 1. The molecule has 0 aromatic heterocycles. The Labute approximate surface area is 102 Å². The Balaban J connectivity index is 1.96. The number of morpholine rings is 1. The molecule has 2 amide bonds. The topological polar surface area (TPSA) is 51.1 Å². The second-order valence-electron chi connectivity index (χ2n) is 4.76. The molecule has 0 aromatic rings. The van der Waals surface area contributed by atoms with Crippen LogP contribution in [0.1, 0.15) is 26.2 Å². The van der Waals surface area contributed by atoms with Gasteiger partial charge in [-0.25, -0.2) is 0 Å². The maximum atomic E-state index is 12.2. The van der Waals surface area contributed by atoms with Crippen LogP contribution in [0, 0.1) is 0 Å². The SMILES string of the molecule is CCCCN1C(=O)C[C@@H]([NH+]2CCOCC2)C1=O. The van der Waals surface area contributed by atoms with Gasteiger partial charge >= 0.3 is 0 Å². The van der Waals surface area contributed by atoms with Crippen LogP contribution in [0.4, 0.5) is 0 Å². The number of nitrogens with one attached hydrogen (secondary N) is 1. The van der Waals surface area contributed by atoms with E-state index in [1.54, 1.807) is 0 Å². The maximum absolute atomic E-state index is 12.2. The summed E-state index contributed by atoms with van der Waals surface area (Å²) in [6.45, 7) is 5.73. The Morgan fingerprint density at radius 2 is 2.06 bits per heavy atom. The van der Waals surface area contributed by atoms with E-state index >= 15 is 0 Å². The van der Waals surface area contributed by atoms with Crippen LogP contribution in [0.15, 0.2) is 0 Å². The van der Waals surface area contributed by atoms with Gasteiger partial charge in [0.25, 0.3) is 5.91 Å². The van der Waals surface area contributed by atoms with Crippen molar-refractivity contribution < 1.29 is 19.2 Å². The quantitative estimate of drug-likeness (QED) is 0.631. The molecule has 0 aromatic carbocycles. The van der Waals surface area contributed by atoms with Crippen LogP contribution in [0.5, 0.6) is 0 Å². The van der Waals surface area contributed by atoms with Crippen molar-refractivity contribution in [2.45, 2.75) is 32.2 Å². The number of imide groups is 1. The van der Waals surface area contributed by atoms with E-state index in [0.717, 1.165) is 25.9 Å². The standard InChI is InChI=1S/C12H20N2O3/c1-2-3-4-14-11(15)9-10(12(14)16)13-5-7-17-8-6-13/h10H,2-9H2,1H3/p+1/t10-/m1/s1. The molecular formula is C12H21N2O3+. The molecule has 0 aliphatic carbocycles. The molecule has 1 N–H and O–H groups in total. The van der Waals surface area contributed by atoms with Crippen LogP contribution in [0.25, 0.3) is 0 Å². The number of amides is 2. The minimum absolute atomic E-state index is 0.00689. The van der Waals surface area contributed by atoms with E-state index in [1.165, 1.54) is 9.80 Å². The molecule has 2 fully saturated rings. The average Bonchev–Trinajstić information content (AvgIpc) is 2.64. The number of unbranched alkanes of at least 4 members (excludes halogenated alkanes) is 1. The highest BCUT2D eigenvalue weighted by Gasteiger charge is 2.44. The molecule has 2 rings (SSSR count). The first-order valence-electron chi connectivity index (χ1n) is 6.50. The molecule has 0 radical (unpaired) electrons. The zero-order chi connectivity index (χ0) is 12.3. The highest BCUT2D eigenvalue weighted by Crippen LogP contribution is 2.12. The van der Waals surface area contributed by atoms with E-state index in [1.807, 2.05) is 0 Å². The molecule has 2 saturated heterocycles. The molecule has 0 bridgehead atoms. The normalized spacial score (nSPS) is 26.9. The summed E-state index contributed by atoms with van der Waals surface area (Å²) in [5.41, 5.74) is 0. The minimum atomic E-state index is -0.150. The predicted molar refractivity (Wildman–Crippen MR) is 61.5 cm³/mol. The van der Waals surface area contributed by atoms with Gasteiger partial charge in [-0.1, -0.05) is 13.3 Å². The number of quaternary nitrogens is 1. The number of hydrogen-bond acceptors (Lipinski definition) is 3. The van der Waals surface area contributed by atoms with E-state index in [9.17, 15) is 9.59 Å². The van der Waals surface area contributed by atoms with Crippen molar-refractivity contribution in [1.29, 1.82) is 0 Å². The van der Waals surface area contributed by atoms with Crippen molar-refractivity contribution in [2.24, 2.45) is 0 Å². The number of carbonyl (C=O) groups excluding carboxylic acids is 2. The summed E-state index contributed by atoms with van der Waals surface area (Å²) in [7, 11) is 0. The molecule has 2 aliphatic rings. The summed E-state index contributed by atoms with van der Waals surface area (Å²) < 4.78 is 5.28. The van der Waals surface area contributed by atoms with Crippen LogP contribution in [0.2, 0.25) is 0 Å². The molecule has 2 aliphatic heterocycles. The van der Waals surface area contributed by atoms with Gasteiger partial charge in [-0.2, -0.15) is 0 Å². The molecule has 96 valence electrons. The van der Waals surface area contributed by atoms with Crippen molar-refractivity contribution in [3.8, 4) is 0 Å². The first-order valence-corrected chi connectivity index (χ1v) is 6.50. The fourth-order valence-corrected chi connectivity index (χ4v) is 2.54. The fraction of sp³-hybridized carbons (Fsp3) is 0.833. The first kappa shape index (κ1) is 12.5. The molecule has 0 saturated carbocycles. The van der Waals surface area contributed by atoms with E-state index in [0.29, 0.717) is 26.2 Å². The predicted octanol–water partition coefficient (Wildman–Crippen LogP) is -1.17. The maximum Gasteiger partial charge on any atom is 0.288 e. The van der Waals surface area contributed by atoms with Crippen LogP contribution in [-0.2, 0) is 14.3 Å². The van der Waals surface area contributed by atoms with Gasteiger partial charge in [0.2, 0.25) is 5.91 Å². The lowest BCUT2D eigenvalue weighted by molar-refractivity contribution is -0.922. The summed E-state index contributed by atoms with van der Waals surface area (Å²) in [4.78, 5) is 26.6. The summed E-state index contributed by atoms with van der Waals surface area (Å²) in [6, 6.07) is -0.150. The zero-order valence-electron chi connectivity index (χ0n) is 10.4. The van der Waals surface area contributed by atoms with E-state index in [-0.39, 0.29) is 17.9 Å². The summed E-state index contributed by atoms with van der Waals surface area (Å²) in [6.07, 6.45) is 2.30. The number of nitrogens with zero attached hydrogens (tertiary/aromatic N) is 1. The van der Waals surface area contributed by atoms with Crippen molar-refractivity contribution >= 4 is 11.8 Å². The van der Waals surface area contributed by atoms with Crippen molar-refractivity contribution in [3.05, 3.63) is 0 Å². The fourth-order valence-electron chi connectivity index (χ4n) is 2.54. The van der Waals surface area contributed by atoms with Gasteiger partial charge in [0.1, 0.15) is 13.1 Å². The third-order valence-electron chi connectivity index (χ3n) is 3.61. The largest absolute Gasteiger partial charge is 0.370 e. The van der Waals surface area contributed by atoms with E-state index < -0.39 is 0 Å². The number of likely N-dealkylation sites (tertiary alicyclic amines) is 1. The first-order chi connectivity index (χ1) is 8.24. The van der Waals surface area contributed by atoms with Gasteiger partial charge in [-0.3, -0.25) is 14.5 Å². The van der Waals surface area contributed by atoms with Gasteiger partial charge in [-0.15, -0.1) is 0 Å². The van der Waals surface area contributed by atoms with Crippen molar-refractivity contribution in [1.82, 2.24) is 4.90 Å². The Bertz CT molecular complexity index is 300. The Hall–Kier alpha value is -0.940. The smallest absolute Gasteiger partial charge is 0.288 e. The van der Waals surface area contributed by atoms with Gasteiger partial charge < -0.3 is 9.64 Å². The van der Waals surface area contributed by atoms with Crippen molar-refractivity contribution in [3.63, 3.8) is 0 Å². The van der Waals surface area contributed by atoms with Gasteiger partial charge in [0, 0.05) is 6.54 Å². The lowest BCUT2D eigenvalue weighted by Gasteiger charge is -2.27. The highest BCUT2D eigenvalue weighted by atomic mass is 16.5. The molecule has 2 heterocycles. The Morgan fingerprint density at radius 1 is 1.35 bits per heavy atom. The monoisotopic (exact) mass is 241 g/mol. The molecule has 0 unspecified atom stereocenters. The average molecular weight is 241 g/mol. The lowest BCUT2D eigenvalue weighted by Crippen LogP contribution is -3.18. The van der Waals surface area contributed by atoms with E-state index in [4.69, 9.17) is 4.74 Å². The Morgan fingerprint density at radius 3 is 2.71 bits per heavy atom. The lowest BCUT2D eigenvalue weighted by atomic mass is 10.2. The molecular weight excluding hydrogens is 220 g/mol. The second kappa shape index (κ2) is 5.60. The third-order valence-corrected chi connectivity index (χ3v) is 3.61. The summed E-state index contributed by atoms with van der Waals surface area (Å²) in [5.74, 6) is 0.0350. The highest BCUT2D eigenvalue weighted by molar-refractivity contribution is 6.04. The molecule has 1 atom stereocenters. The van der Waals surface area contributed by atoms with Crippen molar-refractivity contribution in [2.75, 3.05) is 32.8 Å². The van der Waals surface area contributed by atoms with Gasteiger partial charge in [0.05, 0.1) is 19.6 Å². The van der Waals surface area contributed by atoms with E-state index in [2.05, 4.69) is 6.92 Å². The van der Waals surface area contributed by atoms with Crippen LogP contribution >= 0.6 is 0 Å².